The molecule has 0 aliphatic carbocycles. The quantitative estimate of drug-likeness (QED) is 0.170. The number of ether oxygens (including phenoxy) is 2. The lowest BCUT2D eigenvalue weighted by molar-refractivity contribution is -0.138. The second-order valence-corrected chi connectivity index (χ2v) is 9.39. The zero-order valence-corrected chi connectivity index (χ0v) is 22.9. The van der Waals surface area contributed by atoms with Crippen molar-refractivity contribution in [2.75, 3.05) is 13.2 Å². The molecule has 1 amide bonds. The van der Waals surface area contributed by atoms with Gasteiger partial charge in [-0.05, 0) is 62.1 Å². The number of fused-ring (bicyclic) bond motifs is 1. The Morgan fingerprint density at radius 3 is 2.31 bits per heavy atom. The van der Waals surface area contributed by atoms with E-state index in [9.17, 15) is 9.59 Å². The lowest BCUT2D eigenvalue weighted by atomic mass is 10.1. The van der Waals surface area contributed by atoms with Gasteiger partial charge >= 0.3 is 5.97 Å². The molecule has 6 heteroatoms. The first-order valence-electron chi connectivity index (χ1n) is 13.5. The van der Waals surface area contributed by atoms with E-state index in [2.05, 4.69) is 17.4 Å². The zero-order chi connectivity index (χ0) is 27.6. The molecular formula is C33H36N2O4. The summed E-state index contributed by atoms with van der Waals surface area (Å²) in [5.74, 6) is 0.320. The maximum Gasteiger partial charge on any atom is 0.333 e. The number of amides is 1. The molecule has 39 heavy (non-hydrogen) atoms. The normalized spacial score (nSPS) is 12.2. The Labute approximate surface area is 230 Å². The lowest BCUT2D eigenvalue weighted by Gasteiger charge is -2.16. The first-order valence-corrected chi connectivity index (χ1v) is 13.5. The second-order valence-electron chi connectivity index (χ2n) is 9.39. The highest BCUT2D eigenvalue weighted by Crippen LogP contribution is 2.31. The van der Waals surface area contributed by atoms with Gasteiger partial charge in [-0.2, -0.15) is 0 Å². The molecule has 0 saturated heterocycles. The van der Waals surface area contributed by atoms with Crippen molar-refractivity contribution in [2.45, 2.75) is 46.3 Å². The molecule has 3 aromatic carbocycles. The van der Waals surface area contributed by atoms with Crippen LogP contribution in [0.25, 0.3) is 17.0 Å². The highest BCUT2D eigenvalue weighted by molar-refractivity contribution is 5.99. The van der Waals surface area contributed by atoms with Gasteiger partial charge in [-0.25, -0.2) is 4.79 Å². The third kappa shape index (κ3) is 7.17. The Morgan fingerprint density at radius 2 is 1.64 bits per heavy atom. The van der Waals surface area contributed by atoms with Crippen LogP contribution in [-0.4, -0.2) is 29.6 Å². The highest BCUT2D eigenvalue weighted by atomic mass is 16.5. The highest BCUT2D eigenvalue weighted by Gasteiger charge is 2.20. The summed E-state index contributed by atoms with van der Waals surface area (Å²) < 4.78 is 13.3. The first-order chi connectivity index (χ1) is 19.0. The average molecular weight is 525 g/mol. The van der Waals surface area contributed by atoms with E-state index in [1.165, 1.54) is 5.56 Å². The van der Waals surface area contributed by atoms with Crippen molar-refractivity contribution in [3.05, 3.63) is 107 Å². The van der Waals surface area contributed by atoms with Crippen LogP contribution in [-0.2, 0) is 27.4 Å². The van der Waals surface area contributed by atoms with Crippen molar-refractivity contribution in [1.29, 1.82) is 0 Å². The van der Waals surface area contributed by atoms with Gasteiger partial charge in [0.1, 0.15) is 18.4 Å². The third-order valence-corrected chi connectivity index (χ3v) is 6.68. The van der Waals surface area contributed by atoms with Gasteiger partial charge in [0.25, 0.3) is 0 Å². The summed E-state index contributed by atoms with van der Waals surface area (Å²) in [4.78, 5) is 25.7. The number of rotatable bonds is 12. The molecule has 0 fully saturated rings. The number of carbonyl (C=O) groups excluding carboxylic acids is 2. The van der Waals surface area contributed by atoms with Crippen LogP contribution in [0.3, 0.4) is 0 Å². The number of nitrogens with zero attached hydrogens (tertiary/aromatic N) is 1. The van der Waals surface area contributed by atoms with Crippen molar-refractivity contribution in [3.8, 4) is 5.75 Å². The van der Waals surface area contributed by atoms with Crippen LogP contribution < -0.4 is 10.1 Å². The number of esters is 1. The van der Waals surface area contributed by atoms with E-state index in [1.54, 1.807) is 6.92 Å². The van der Waals surface area contributed by atoms with E-state index in [1.807, 2.05) is 97.4 Å². The monoisotopic (exact) mass is 524 g/mol. The van der Waals surface area contributed by atoms with Gasteiger partial charge < -0.3 is 19.4 Å². The number of nitrogens with one attached hydrogen (secondary N) is 1. The molecule has 1 atom stereocenters. The van der Waals surface area contributed by atoms with E-state index in [4.69, 9.17) is 9.47 Å². The summed E-state index contributed by atoms with van der Waals surface area (Å²) in [5, 5.41) is 3.97. The topological polar surface area (TPSA) is 69.6 Å². The van der Waals surface area contributed by atoms with Crippen LogP contribution in [0, 0.1) is 0 Å². The Hall–Kier alpha value is -4.32. The van der Waals surface area contributed by atoms with Gasteiger partial charge in [-0.1, -0.05) is 67.6 Å². The molecule has 0 aliphatic rings. The van der Waals surface area contributed by atoms with Crippen LogP contribution in [0.15, 0.2) is 90.6 Å². The molecule has 1 N–H and O–H groups in total. The number of hydrogen-bond acceptors (Lipinski definition) is 4. The van der Waals surface area contributed by atoms with Crippen molar-refractivity contribution >= 4 is 28.9 Å². The molecular weight excluding hydrogens is 488 g/mol. The largest absolute Gasteiger partial charge is 0.489 e. The molecule has 0 saturated carbocycles. The number of benzene rings is 3. The molecule has 202 valence electrons. The van der Waals surface area contributed by atoms with Gasteiger partial charge in [-0.15, -0.1) is 0 Å². The van der Waals surface area contributed by atoms with Crippen LogP contribution in [0.1, 0.15) is 49.9 Å². The number of aromatic nitrogens is 1. The zero-order valence-electron chi connectivity index (χ0n) is 22.9. The Balaban J connectivity index is 1.61. The summed E-state index contributed by atoms with van der Waals surface area (Å²) >= 11 is 0. The predicted octanol–water partition coefficient (Wildman–Crippen LogP) is 6.50. The van der Waals surface area contributed by atoms with Crippen LogP contribution in [0.4, 0.5) is 0 Å². The summed E-state index contributed by atoms with van der Waals surface area (Å²) in [6.07, 6.45) is 5.09. The smallest absolute Gasteiger partial charge is 0.333 e. The van der Waals surface area contributed by atoms with Gasteiger partial charge in [-0.3, -0.25) is 4.79 Å². The van der Waals surface area contributed by atoms with Gasteiger partial charge in [0, 0.05) is 34.8 Å². The standard InChI is InChI=1S/C33H36N2O4/c1-4-27(33(37)38-5-2)20-28-22-35(24(3)32(36)34-19-18-25-12-8-6-9-13-25)31-17-16-29(21-30(28)31)39-23-26-14-10-7-11-15-26/h6-17,20-22,24H,4-5,18-19,23H2,1-3H3,(H,34,36). The van der Waals surface area contributed by atoms with Crippen LogP contribution in [0.2, 0.25) is 0 Å². The van der Waals surface area contributed by atoms with Crippen molar-refractivity contribution < 1.29 is 19.1 Å². The molecule has 0 radical (unpaired) electrons. The molecule has 6 nitrogen and oxygen atoms in total. The van der Waals surface area contributed by atoms with Gasteiger partial charge in [0.2, 0.25) is 5.91 Å². The molecule has 0 bridgehead atoms. The van der Waals surface area contributed by atoms with Crippen LogP contribution in [0.5, 0.6) is 5.75 Å². The molecule has 1 heterocycles. The van der Waals surface area contributed by atoms with Gasteiger partial charge in [0.05, 0.1) is 6.61 Å². The predicted molar refractivity (Wildman–Crippen MR) is 155 cm³/mol. The maximum atomic E-state index is 13.1. The fourth-order valence-electron chi connectivity index (χ4n) is 4.49. The van der Waals surface area contributed by atoms with E-state index in [0.29, 0.717) is 37.5 Å². The molecule has 4 rings (SSSR count). The molecule has 0 aliphatic heterocycles. The van der Waals surface area contributed by atoms with Crippen molar-refractivity contribution in [2.24, 2.45) is 0 Å². The van der Waals surface area contributed by atoms with Gasteiger partial charge in [0.15, 0.2) is 0 Å². The Bertz CT molecular complexity index is 1420. The summed E-state index contributed by atoms with van der Waals surface area (Å²) in [7, 11) is 0. The second kappa shape index (κ2) is 13.5. The summed E-state index contributed by atoms with van der Waals surface area (Å²) in [6, 6.07) is 25.5. The van der Waals surface area contributed by atoms with E-state index >= 15 is 0 Å². The van der Waals surface area contributed by atoms with E-state index < -0.39 is 6.04 Å². The third-order valence-electron chi connectivity index (χ3n) is 6.68. The molecule has 1 unspecified atom stereocenters. The van der Waals surface area contributed by atoms with E-state index in [-0.39, 0.29) is 11.9 Å². The minimum absolute atomic E-state index is 0.0659. The summed E-state index contributed by atoms with van der Waals surface area (Å²) in [6.45, 7) is 6.93. The maximum absolute atomic E-state index is 13.1. The minimum Gasteiger partial charge on any atom is -0.489 e. The number of carbonyl (C=O) groups is 2. The van der Waals surface area contributed by atoms with E-state index in [0.717, 1.165) is 28.5 Å². The number of hydrogen-bond donors (Lipinski definition) is 1. The SMILES string of the molecule is CCOC(=O)C(=Cc1cn(C(C)C(=O)NCCc2ccccc2)c2ccc(OCc3ccccc3)cc12)CC. The fourth-order valence-corrected chi connectivity index (χ4v) is 4.49. The Morgan fingerprint density at radius 1 is 0.949 bits per heavy atom. The lowest BCUT2D eigenvalue weighted by Crippen LogP contribution is -2.32. The fraction of sp³-hybridized carbons (Fsp3) is 0.273. The van der Waals surface area contributed by atoms with Crippen LogP contribution >= 0.6 is 0 Å². The molecule has 4 aromatic rings. The minimum atomic E-state index is -0.450. The first kappa shape index (κ1) is 27.7. The average Bonchev–Trinajstić information content (AvgIpc) is 3.33. The van der Waals surface area contributed by atoms with Crippen molar-refractivity contribution in [3.63, 3.8) is 0 Å². The molecule has 0 spiro atoms. The van der Waals surface area contributed by atoms with Crippen molar-refractivity contribution in [1.82, 2.24) is 9.88 Å². The molecule has 1 aromatic heterocycles. The Kier molecular flexibility index (Phi) is 9.57. The summed E-state index contributed by atoms with van der Waals surface area (Å²) in [5.41, 5.74) is 4.55.